The maximum absolute atomic E-state index is 12.8. The first kappa shape index (κ1) is 21.8. The number of methoxy groups -OCH3 is 1. The number of amides is 2. The number of ether oxygens (including phenoxy) is 1. The summed E-state index contributed by atoms with van der Waals surface area (Å²) in [6.45, 7) is 0.104. The van der Waals surface area contributed by atoms with Gasteiger partial charge in [0.1, 0.15) is 17.3 Å². The summed E-state index contributed by atoms with van der Waals surface area (Å²) in [5, 5.41) is 0.868. The van der Waals surface area contributed by atoms with Crippen molar-refractivity contribution in [1.82, 2.24) is 4.90 Å². The van der Waals surface area contributed by atoms with Crippen LogP contribution in [0.1, 0.15) is 11.3 Å². The topological polar surface area (TPSA) is 59.8 Å². The lowest BCUT2D eigenvalue weighted by Gasteiger charge is -2.12. The summed E-state index contributed by atoms with van der Waals surface area (Å²) in [6.07, 6.45) is 1.55. The largest absolute Gasteiger partial charge is 0.495 e. The Hall–Kier alpha value is -2.38. The van der Waals surface area contributed by atoms with E-state index in [2.05, 4.69) is 0 Å². The number of halogens is 3. The molecule has 0 radical (unpaired) electrons. The number of thioether (sulfide) groups is 1. The van der Waals surface area contributed by atoms with Crippen LogP contribution in [0.4, 0.5) is 4.79 Å². The van der Waals surface area contributed by atoms with Crippen LogP contribution < -0.4 is 4.74 Å². The van der Waals surface area contributed by atoms with Crippen molar-refractivity contribution >= 4 is 63.8 Å². The van der Waals surface area contributed by atoms with Crippen molar-refractivity contribution in [3.63, 3.8) is 0 Å². The number of hydrogen-bond donors (Lipinski definition) is 0. The van der Waals surface area contributed by atoms with Crippen molar-refractivity contribution in [1.29, 1.82) is 0 Å². The molecule has 2 amide bonds. The molecule has 0 spiro atoms. The summed E-state index contributed by atoms with van der Waals surface area (Å²) in [7, 11) is 1.54. The van der Waals surface area contributed by atoms with Crippen LogP contribution in [-0.4, -0.2) is 23.2 Å². The lowest BCUT2D eigenvalue weighted by molar-refractivity contribution is -0.123. The Morgan fingerprint density at radius 2 is 1.81 bits per heavy atom. The number of hydrogen-bond acceptors (Lipinski definition) is 5. The van der Waals surface area contributed by atoms with Crippen LogP contribution in [0.3, 0.4) is 0 Å². The van der Waals surface area contributed by atoms with Crippen molar-refractivity contribution < 1.29 is 18.7 Å². The minimum Gasteiger partial charge on any atom is -0.495 e. The molecule has 1 fully saturated rings. The normalized spacial score (nSPS) is 15.2. The van der Waals surface area contributed by atoms with Crippen LogP contribution in [0.15, 0.2) is 57.9 Å². The highest BCUT2D eigenvalue weighted by Gasteiger charge is 2.35. The molecule has 0 saturated carbocycles. The van der Waals surface area contributed by atoms with E-state index < -0.39 is 5.91 Å². The molecule has 31 heavy (non-hydrogen) atoms. The average Bonchev–Trinajstić information content (AvgIpc) is 3.31. The fraction of sp³-hybridized carbons (Fsp3) is 0.0909. The molecule has 2 heterocycles. The Morgan fingerprint density at radius 1 is 1.00 bits per heavy atom. The summed E-state index contributed by atoms with van der Waals surface area (Å²) in [5.41, 5.74) is 1.47. The number of imide groups is 1. The number of carbonyl (C=O) groups is 2. The van der Waals surface area contributed by atoms with E-state index >= 15 is 0 Å². The predicted molar refractivity (Wildman–Crippen MR) is 124 cm³/mol. The summed E-state index contributed by atoms with van der Waals surface area (Å²) >= 11 is 19.0. The molecular formula is C22H14Cl3NO4S. The monoisotopic (exact) mass is 493 g/mol. The van der Waals surface area contributed by atoms with Gasteiger partial charge >= 0.3 is 0 Å². The SMILES string of the molecule is COc1ccc(-c2ccc(/C=C3\SC(=O)N(Cc4ccc(Cl)c(Cl)c4)C3=O)o2)cc1Cl. The first-order valence-corrected chi connectivity index (χ1v) is 10.9. The van der Waals surface area contributed by atoms with Crippen molar-refractivity contribution in [2.75, 3.05) is 7.11 Å². The van der Waals surface area contributed by atoms with Gasteiger partial charge < -0.3 is 9.15 Å². The Morgan fingerprint density at radius 3 is 2.52 bits per heavy atom. The molecule has 2 aromatic carbocycles. The molecule has 158 valence electrons. The Balaban J connectivity index is 1.53. The van der Waals surface area contributed by atoms with Gasteiger partial charge in [0.2, 0.25) is 0 Å². The van der Waals surface area contributed by atoms with Gasteiger partial charge in [-0.3, -0.25) is 14.5 Å². The molecule has 0 aliphatic carbocycles. The fourth-order valence-electron chi connectivity index (χ4n) is 2.99. The maximum atomic E-state index is 12.8. The Bertz CT molecular complexity index is 1220. The van der Waals surface area contributed by atoms with E-state index in [1.165, 1.54) is 0 Å². The zero-order chi connectivity index (χ0) is 22.1. The Kier molecular flexibility index (Phi) is 6.34. The van der Waals surface area contributed by atoms with Gasteiger partial charge in [0.15, 0.2) is 0 Å². The van der Waals surface area contributed by atoms with E-state index in [9.17, 15) is 9.59 Å². The van der Waals surface area contributed by atoms with Crippen LogP contribution in [0.25, 0.3) is 17.4 Å². The van der Waals surface area contributed by atoms with Crippen LogP contribution >= 0.6 is 46.6 Å². The number of furan rings is 1. The summed E-state index contributed by atoms with van der Waals surface area (Å²) in [5.74, 6) is 1.19. The van der Waals surface area contributed by atoms with Crippen molar-refractivity contribution in [2.24, 2.45) is 0 Å². The smallest absolute Gasteiger partial charge is 0.293 e. The van der Waals surface area contributed by atoms with Gasteiger partial charge in [-0.15, -0.1) is 0 Å². The van der Waals surface area contributed by atoms with Crippen molar-refractivity contribution in [3.8, 4) is 17.1 Å². The number of rotatable bonds is 5. The zero-order valence-electron chi connectivity index (χ0n) is 16.0. The molecule has 9 heteroatoms. The third-order valence-corrected chi connectivity index (χ3v) is 6.48. The van der Waals surface area contributed by atoms with Gasteiger partial charge in [-0.25, -0.2) is 0 Å². The van der Waals surface area contributed by atoms with Gasteiger partial charge in [-0.2, -0.15) is 0 Å². The second-order valence-corrected chi connectivity index (χ2v) is 8.78. The van der Waals surface area contributed by atoms with E-state index in [-0.39, 0.29) is 16.7 Å². The summed E-state index contributed by atoms with van der Waals surface area (Å²) < 4.78 is 11.0. The standard InChI is InChI=1S/C22H14Cl3NO4S/c1-29-19-6-3-13(9-17(19)25)18-7-4-14(30-18)10-20-21(27)26(22(28)31-20)11-12-2-5-15(23)16(24)8-12/h2-10H,11H2,1H3/b20-10-. The zero-order valence-corrected chi connectivity index (χ0v) is 19.1. The van der Waals surface area contributed by atoms with Gasteiger partial charge in [0.25, 0.3) is 11.1 Å². The molecule has 5 nitrogen and oxygen atoms in total. The molecule has 0 N–H and O–H groups in total. The van der Waals surface area contributed by atoms with Crippen molar-refractivity contribution in [3.05, 3.63) is 79.8 Å². The third kappa shape index (κ3) is 4.62. The fourth-order valence-corrected chi connectivity index (χ4v) is 4.39. The minimum atomic E-state index is -0.397. The number of carbonyl (C=O) groups excluding carboxylic acids is 2. The summed E-state index contributed by atoms with van der Waals surface area (Å²) in [6, 6.07) is 13.8. The summed E-state index contributed by atoms with van der Waals surface area (Å²) in [4.78, 5) is 26.6. The highest BCUT2D eigenvalue weighted by atomic mass is 35.5. The second kappa shape index (κ2) is 9.01. The average molecular weight is 495 g/mol. The molecular weight excluding hydrogens is 481 g/mol. The van der Waals surface area contributed by atoms with Gasteiger partial charge in [0, 0.05) is 11.6 Å². The Labute approximate surface area is 197 Å². The number of nitrogens with zero attached hydrogens (tertiary/aromatic N) is 1. The lowest BCUT2D eigenvalue weighted by atomic mass is 10.2. The van der Waals surface area contributed by atoms with Crippen LogP contribution in [0.5, 0.6) is 5.75 Å². The van der Waals surface area contributed by atoms with Crippen LogP contribution in [0, 0.1) is 0 Å². The first-order chi connectivity index (χ1) is 14.9. The van der Waals surface area contributed by atoms with Gasteiger partial charge in [-0.1, -0.05) is 40.9 Å². The molecule has 0 unspecified atom stereocenters. The molecule has 4 rings (SSSR count). The maximum Gasteiger partial charge on any atom is 0.293 e. The lowest BCUT2D eigenvalue weighted by Crippen LogP contribution is -2.27. The third-order valence-electron chi connectivity index (χ3n) is 4.53. The van der Waals surface area contributed by atoms with Gasteiger partial charge in [0.05, 0.1) is 33.6 Å². The first-order valence-electron chi connectivity index (χ1n) is 8.99. The molecule has 0 bridgehead atoms. The molecule has 3 aromatic rings. The van der Waals surface area contributed by atoms with Crippen LogP contribution in [-0.2, 0) is 11.3 Å². The molecule has 1 aliphatic rings. The minimum absolute atomic E-state index is 0.104. The highest BCUT2D eigenvalue weighted by molar-refractivity contribution is 8.18. The number of benzene rings is 2. The molecule has 1 saturated heterocycles. The van der Waals surface area contributed by atoms with Crippen molar-refractivity contribution in [2.45, 2.75) is 6.54 Å². The second-order valence-electron chi connectivity index (χ2n) is 6.57. The van der Waals surface area contributed by atoms with Crippen LogP contribution in [0.2, 0.25) is 15.1 Å². The van der Waals surface area contributed by atoms with E-state index in [1.807, 2.05) is 6.07 Å². The molecule has 1 aromatic heterocycles. The van der Waals surface area contributed by atoms with Gasteiger partial charge in [-0.05, 0) is 59.8 Å². The van der Waals surface area contributed by atoms with E-state index in [1.54, 1.807) is 55.7 Å². The van der Waals surface area contributed by atoms with E-state index in [4.69, 9.17) is 44.0 Å². The molecule has 0 atom stereocenters. The van der Waals surface area contributed by atoms with E-state index in [0.29, 0.717) is 37.9 Å². The van der Waals surface area contributed by atoms with E-state index in [0.717, 1.165) is 22.2 Å². The quantitative estimate of drug-likeness (QED) is 0.352. The molecule has 1 aliphatic heterocycles. The highest BCUT2D eigenvalue weighted by Crippen LogP contribution is 2.36. The predicted octanol–water partition coefficient (Wildman–Crippen LogP) is 7.15.